The molecule has 0 aliphatic carbocycles. The van der Waals surface area contributed by atoms with Gasteiger partial charge in [-0.1, -0.05) is 18.5 Å². The third-order valence-corrected chi connectivity index (χ3v) is 6.80. The first kappa shape index (κ1) is 17.2. The maximum absolute atomic E-state index is 13.0. The lowest BCUT2D eigenvalue weighted by molar-refractivity contribution is 0.262. The van der Waals surface area contributed by atoms with E-state index in [9.17, 15) is 8.42 Å². The zero-order chi connectivity index (χ0) is 15.5. The summed E-state index contributed by atoms with van der Waals surface area (Å²) in [4.78, 5) is 0.291. The van der Waals surface area contributed by atoms with Crippen molar-refractivity contribution in [2.24, 2.45) is 0 Å². The molecule has 1 heterocycles. The van der Waals surface area contributed by atoms with Gasteiger partial charge in [0.15, 0.2) is 0 Å². The van der Waals surface area contributed by atoms with E-state index in [1.165, 1.54) is 0 Å². The van der Waals surface area contributed by atoms with Crippen LogP contribution in [-0.4, -0.2) is 38.4 Å². The van der Waals surface area contributed by atoms with E-state index in [0.29, 0.717) is 20.9 Å². The normalized spacial score (nSPS) is 17.3. The quantitative estimate of drug-likeness (QED) is 0.832. The molecule has 0 unspecified atom stereocenters. The Labute approximate surface area is 140 Å². The lowest BCUT2D eigenvalue weighted by Gasteiger charge is -2.33. The third kappa shape index (κ3) is 3.99. The Hall–Kier alpha value is -0.140. The van der Waals surface area contributed by atoms with Crippen molar-refractivity contribution in [1.82, 2.24) is 9.62 Å². The van der Waals surface area contributed by atoms with Gasteiger partial charge in [-0.25, -0.2) is 8.42 Å². The highest BCUT2D eigenvalue weighted by Crippen LogP contribution is 2.30. The summed E-state index contributed by atoms with van der Waals surface area (Å²) in [5.41, 5.74) is 0. The molecule has 2 rings (SSSR count). The summed E-state index contributed by atoms with van der Waals surface area (Å²) in [6.45, 7) is 4.27. The van der Waals surface area contributed by atoms with Gasteiger partial charge in [-0.3, -0.25) is 0 Å². The van der Waals surface area contributed by atoms with E-state index in [1.54, 1.807) is 22.5 Å². The van der Waals surface area contributed by atoms with Crippen molar-refractivity contribution in [3.05, 3.63) is 27.7 Å². The van der Waals surface area contributed by atoms with Crippen molar-refractivity contribution in [3.63, 3.8) is 0 Å². The average Bonchev–Trinajstić information content (AvgIpc) is 2.45. The molecule has 1 aliphatic heterocycles. The lowest BCUT2D eigenvalue weighted by atomic mass is 10.1. The molecule has 7 heteroatoms. The zero-order valence-electron chi connectivity index (χ0n) is 12.0. The molecule has 0 amide bonds. The van der Waals surface area contributed by atoms with Crippen LogP contribution in [-0.2, 0) is 10.0 Å². The van der Waals surface area contributed by atoms with E-state index >= 15 is 0 Å². The smallest absolute Gasteiger partial charge is 0.244 e. The average molecular weight is 396 g/mol. The molecule has 0 spiro atoms. The molecule has 1 N–H and O–H groups in total. The molecule has 0 aromatic heterocycles. The van der Waals surface area contributed by atoms with Crippen molar-refractivity contribution >= 4 is 37.6 Å². The van der Waals surface area contributed by atoms with E-state index in [4.69, 9.17) is 11.6 Å². The van der Waals surface area contributed by atoms with Crippen LogP contribution in [0.25, 0.3) is 0 Å². The molecule has 0 radical (unpaired) electrons. The fourth-order valence-electron chi connectivity index (χ4n) is 2.62. The molecule has 0 saturated carbocycles. The highest BCUT2D eigenvalue weighted by Gasteiger charge is 2.32. The molecule has 0 bridgehead atoms. The number of nitrogens with zero attached hydrogens (tertiary/aromatic N) is 1. The molecule has 1 fully saturated rings. The predicted molar refractivity (Wildman–Crippen MR) is 89.2 cm³/mol. The second-order valence-corrected chi connectivity index (χ2v) is 8.32. The highest BCUT2D eigenvalue weighted by atomic mass is 79.9. The van der Waals surface area contributed by atoms with E-state index in [2.05, 4.69) is 21.2 Å². The molecule has 0 atom stereocenters. The number of nitrogens with one attached hydrogen (secondary N) is 1. The molecule has 21 heavy (non-hydrogen) atoms. The monoisotopic (exact) mass is 394 g/mol. The summed E-state index contributed by atoms with van der Waals surface area (Å²) in [5, 5.41) is 3.79. The number of piperidine rings is 1. The largest absolute Gasteiger partial charge is 0.317 e. The van der Waals surface area contributed by atoms with Gasteiger partial charge in [-0.15, -0.1) is 0 Å². The van der Waals surface area contributed by atoms with Crippen LogP contribution in [0.5, 0.6) is 0 Å². The van der Waals surface area contributed by atoms with Gasteiger partial charge in [-0.2, -0.15) is 4.31 Å². The minimum absolute atomic E-state index is 0.0683. The third-order valence-electron chi connectivity index (χ3n) is 3.64. The first-order valence-electron chi connectivity index (χ1n) is 7.14. The van der Waals surface area contributed by atoms with E-state index in [1.807, 2.05) is 6.92 Å². The summed E-state index contributed by atoms with van der Waals surface area (Å²) >= 11 is 9.23. The van der Waals surface area contributed by atoms with Crippen LogP contribution in [0.4, 0.5) is 0 Å². The molecular weight excluding hydrogens is 376 g/mol. The Bertz CT molecular complexity index is 589. The maximum atomic E-state index is 13.0. The minimum atomic E-state index is -3.51. The zero-order valence-corrected chi connectivity index (χ0v) is 15.1. The number of hydrogen-bond acceptors (Lipinski definition) is 3. The van der Waals surface area contributed by atoms with Crippen LogP contribution in [0, 0.1) is 0 Å². The predicted octanol–water partition coefficient (Wildman–Crippen LogP) is 3.26. The van der Waals surface area contributed by atoms with E-state index in [0.717, 1.165) is 32.4 Å². The van der Waals surface area contributed by atoms with Crippen LogP contribution in [0.3, 0.4) is 0 Å². The Kier molecular flexibility index (Phi) is 6.08. The van der Waals surface area contributed by atoms with Crippen LogP contribution in [0.2, 0.25) is 5.02 Å². The standard InChI is InChI=1S/C14H20BrClN2O2S/c1-2-9-18(12-5-7-17-8-6-12)21(19,20)14-4-3-11(16)10-13(14)15/h3-4,10,12,17H,2,5-9H2,1H3. The van der Waals surface area contributed by atoms with Crippen LogP contribution in [0.1, 0.15) is 26.2 Å². The Morgan fingerprint density at radius 3 is 2.62 bits per heavy atom. The van der Waals surface area contributed by atoms with Gasteiger partial charge in [0.2, 0.25) is 10.0 Å². The lowest BCUT2D eigenvalue weighted by Crippen LogP contribution is -2.46. The van der Waals surface area contributed by atoms with E-state index < -0.39 is 10.0 Å². The molecule has 1 aromatic rings. The first-order valence-corrected chi connectivity index (χ1v) is 9.75. The number of sulfonamides is 1. The maximum Gasteiger partial charge on any atom is 0.244 e. The van der Waals surface area contributed by atoms with E-state index in [-0.39, 0.29) is 6.04 Å². The molecule has 1 aliphatic rings. The summed E-state index contributed by atoms with van der Waals surface area (Å²) < 4.78 is 28.1. The van der Waals surface area contributed by atoms with Gasteiger partial charge < -0.3 is 5.32 Å². The van der Waals surface area contributed by atoms with Crippen LogP contribution in [0.15, 0.2) is 27.6 Å². The number of benzene rings is 1. The minimum Gasteiger partial charge on any atom is -0.317 e. The molecule has 1 saturated heterocycles. The van der Waals surface area contributed by atoms with Crippen molar-refractivity contribution in [2.45, 2.75) is 37.1 Å². The second-order valence-electron chi connectivity index (χ2n) is 5.17. The Morgan fingerprint density at radius 2 is 2.05 bits per heavy atom. The number of rotatable bonds is 5. The SMILES string of the molecule is CCCN(C1CCNCC1)S(=O)(=O)c1ccc(Cl)cc1Br. The molecule has 118 valence electrons. The van der Waals surface area contributed by atoms with Gasteiger partial charge in [0, 0.05) is 22.1 Å². The van der Waals surface area contributed by atoms with Gasteiger partial charge in [0.05, 0.1) is 4.90 Å². The fourth-order valence-corrected chi connectivity index (χ4v) is 5.75. The van der Waals surface area contributed by atoms with Crippen molar-refractivity contribution < 1.29 is 8.42 Å². The van der Waals surface area contributed by atoms with Crippen LogP contribution < -0.4 is 5.32 Å². The van der Waals surface area contributed by atoms with Gasteiger partial charge in [-0.05, 0) is 66.5 Å². The van der Waals surface area contributed by atoms with Crippen LogP contribution >= 0.6 is 27.5 Å². The molecule has 4 nitrogen and oxygen atoms in total. The Balaban J connectivity index is 2.36. The Morgan fingerprint density at radius 1 is 1.38 bits per heavy atom. The number of hydrogen-bond donors (Lipinski definition) is 1. The summed E-state index contributed by atoms with van der Waals surface area (Å²) in [5.74, 6) is 0. The van der Waals surface area contributed by atoms with Gasteiger partial charge >= 0.3 is 0 Å². The molecular formula is C14H20BrClN2O2S. The summed E-state index contributed by atoms with van der Waals surface area (Å²) in [6.07, 6.45) is 2.50. The summed E-state index contributed by atoms with van der Waals surface area (Å²) in [6, 6.07) is 4.89. The van der Waals surface area contributed by atoms with Gasteiger partial charge in [0.25, 0.3) is 0 Å². The van der Waals surface area contributed by atoms with Crippen molar-refractivity contribution in [1.29, 1.82) is 0 Å². The summed E-state index contributed by atoms with van der Waals surface area (Å²) in [7, 11) is -3.51. The molecule has 1 aromatic carbocycles. The second kappa shape index (κ2) is 7.42. The van der Waals surface area contributed by atoms with Gasteiger partial charge in [0.1, 0.15) is 0 Å². The highest BCUT2D eigenvalue weighted by molar-refractivity contribution is 9.10. The number of halogens is 2. The van der Waals surface area contributed by atoms with Crippen molar-refractivity contribution in [3.8, 4) is 0 Å². The first-order chi connectivity index (χ1) is 9.96. The van der Waals surface area contributed by atoms with Crippen molar-refractivity contribution in [2.75, 3.05) is 19.6 Å². The topological polar surface area (TPSA) is 49.4 Å². The fraction of sp³-hybridized carbons (Fsp3) is 0.571.